The SMILES string of the molecule is COc1ccc(S(=O)(=O)N2CCN(C(=O)Nc3cccc(OC)c3)CC2)cc1. The summed E-state index contributed by atoms with van der Waals surface area (Å²) in [5.74, 6) is 1.24. The van der Waals surface area contributed by atoms with Gasteiger partial charge in [0.2, 0.25) is 10.0 Å². The van der Waals surface area contributed by atoms with E-state index in [1.807, 2.05) is 0 Å². The quantitative estimate of drug-likeness (QED) is 0.824. The van der Waals surface area contributed by atoms with Gasteiger partial charge in [-0.3, -0.25) is 0 Å². The largest absolute Gasteiger partial charge is 0.497 e. The predicted octanol–water partition coefficient (Wildman–Crippen LogP) is 2.24. The molecule has 1 fully saturated rings. The van der Waals surface area contributed by atoms with Gasteiger partial charge in [0.15, 0.2) is 0 Å². The first kappa shape index (κ1) is 20.0. The zero-order valence-corrected chi connectivity index (χ0v) is 16.6. The van der Waals surface area contributed by atoms with Crippen LogP contribution in [-0.4, -0.2) is 64.1 Å². The molecule has 0 bridgehead atoms. The van der Waals surface area contributed by atoms with Crippen molar-refractivity contribution in [3.8, 4) is 11.5 Å². The Kier molecular flexibility index (Phi) is 6.05. The van der Waals surface area contributed by atoms with Crippen molar-refractivity contribution in [1.82, 2.24) is 9.21 Å². The van der Waals surface area contributed by atoms with Crippen LogP contribution in [0.25, 0.3) is 0 Å². The standard InChI is InChI=1S/C19H23N3O5S/c1-26-16-6-8-18(9-7-16)28(24,25)22-12-10-21(11-13-22)19(23)20-15-4-3-5-17(14-15)27-2/h3-9,14H,10-13H2,1-2H3,(H,20,23). The number of nitrogens with zero attached hydrogens (tertiary/aromatic N) is 2. The normalized spacial score (nSPS) is 15.1. The summed E-state index contributed by atoms with van der Waals surface area (Å²) in [6.07, 6.45) is 0. The van der Waals surface area contributed by atoms with Crippen molar-refractivity contribution < 1.29 is 22.7 Å². The number of anilines is 1. The number of ether oxygens (including phenoxy) is 2. The molecule has 3 rings (SSSR count). The Morgan fingerprint density at radius 2 is 1.57 bits per heavy atom. The van der Waals surface area contributed by atoms with E-state index in [0.29, 0.717) is 30.3 Å². The van der Waals surface area contributed by atoms with E-state index in [0.717, 1.165) is 0 Å². The number of amides is 2. The van der Waals surface area contributed by atoms with Crippen LogP contribution in [0, 0.1) is 0 Å². The van der Waals surface area contributed by atoms with Crippen LogP contribution in [0.2, 0.25) is 0 Å². The van der Waals surface area contributed by atoms with Crippen LogP contribution >= 0.6 is 0 Å². The second kappa shape index (κ2) is 8.49. The minimum atomic E-state index is -3.60. The summed E-state index contributed by atoms with van der Waals surface area (Å²) in [6, 6.07) is 13.1. The molecule has 0 saturated carbocycles. The highest BCUT2D eigenvalue weighted by molar-refractivity contribution is 7.89. The lowest BCUT2D eigenvalue weighted by Crippen LogP contribution is -2.51. The molecule has 0 aliphatic carbocycles. The second-order valence-corrected chi connectivity index (χ2v) is 8.17. The molecule has 2 aromatic rings. The van der Waals surface area contributed by atoms with Gasteiger partial charge < -0.3 is 19.7 Å². The molecule has 0 atom stereocenters. The van der Waals surface area contributed by atoms with E-state index in [1.165, 1.54) is 23.5 Å². The molecule has 1 N–H and O–H groups in total. The van der Waals surface area contributed by atoms with Crippen LogP contribution in [0.5, 0.6) is 11.5 Å². The van der Waals surface area contributed by atoms with Crippen LogP contribution in [0.3, 0.4) is 0 Å². The lowest BCUT2D eigenvalue weighted by molar-refractivity contribution is 0.184. The first-order chi connectivity index (χ1) is 13.4. The van der Waals surface area contributed by atoms with Crippen molar-refractivity contribution in [3.05, 3.63) is 48.5 Å². The number of sulfonamides is 1. The van der Waals surface area contributed by atoms with Gasteiger partial charge >= 0.3 is 6.03 Å². The number of carbonyl (C=O) groups excluding carboxylic acids is 1. The van der Waals surface area contributed by atoms with Crippen molar-refractivity contribution >= 4 is 21.7 Å². The number of piperazine rings is 1. The van der Waals surface area contributed by atoms with E-state index in [4.69, 9.17) is 9.47 Å². The van der Waals surface area contributed by atoms with Crippen LogP contribution < -0.4 is 14.8 Å². The number of carbonyl (C=O) groups is 1. The number of rotatable bonds is 5. The van der Waals surface area contributed by atoms with E-state index in [9.17, 15) is 13.2 Å². The number of nitrogens with one attached hydrogen (secondary N) is 1. The lowest BCUT2D eigenvalue weighted by atomic mass is 10.3. The van der Waals surface area contributed by atoms with Gasteiger partial charge in [-0.15, -0.1) is 0 Å². The summed E-state index contributed by atoms with van der Waals surface area (Å²) < 4.78 is 37.2. The smallest absolute Gasteiger partial charge is 0.321 e. The molecule has 2 aromatic carbocycles. The molecule has 150 valence electrons. The number of urea groups is 1. The number of benzene rings is 2. The molecule has 9 heteroatoms. The van der Waals surface area contributed by atoms with Crippen LogP contribution in [0.1, 0.15) is 0 Å². The summed E-state index contributed by atoms with van der Waals surface area (Å²) in [4.78, 5) is 14.3. The maximum Gasteiger partial charge on any atom is 0.321 e. The molecular formula is C19H23N3O5S. The third-order valence-electron chi connectivity index (χ3n) is 4.54. The molecule has 28 heavy (non-hydrogen) atoms. The summed E-state index contributed by atoms with van der Waals surface area (Å²) in [6.45, 7) is 1.09. The lowest BCUT2D eigenvalue weighted by Gasteiger charge is -2.34. The molecule has 0 unspecified atom stereocenters. The van der Waals surface area contributed by atoms with Gasteiger partial charge in [-0.1, -0.05) is 6.07 Å². The number of hydrogen-bond acceptors (Lipinski definition) is 5. The Balaban J connectivity index is 1.60. The van der Waals surface area contributed by atoms with E-state index < -0.39 is 10.0 Å². The van der Waals surface area contributed by atoms with E-state index in [-0.39, 0.29) is 24.0 Å². The van der Waals surface area contributed by atoms with Crippen molar-refractivity contribution in [2.75, 3.05) is 45.7 Å². The van der Waals surface area contributed by atoms with Gasteiger partial charge in [0.25, 0.3) is 0 Å². The third-order valence-corrected chi connectivity index (χ3v) is 6.46. The molecular weight excluding hydrogens is 382 g/mol. The fraction of sp³-hybridized carbons (Fsp3) is 0.316. The summed E-state index contributed by atoms with van der Waals surface area (Å²) in [7, 11) is -0.515. The topological polar surface area (TPSA) is 88.2 Å². The third kappa shape index (κ3) is 4.37. The van der Waals surface area contributed by atoms with Crippen molar-refractivity contribution in [1.29, 1.82) is 0 Å². The highest BCUT2D eigenvalue weighted by Gasteiger charge is 2.30. The Labute approximate surface area is 164 Å². The van der Waals surface area contributed by atoms with Crippen LogP contribution in [-0.2, 0) is 10.0 Å². The van der Waals surface area contributed by atoms with E-state index in [2.05, 4.69) is 5.32 Å². The highest BCUT2D eigenvalue weighted by atomic mass is 32.2. The summed E-state index contributed by atoms with van der Waals surface area (Å²) in [5, 5.41) is 2.81. The minimum Gasteiger partial charge on any atom is -0.497 e. The van der Waals surface area contributed by atoms with Crippen LogP contribution in [0.15, 0.2) is 53.4 Å². The summed E-state index contributed by atoms with van der Waals surface area (Å²) in [5.41, 5.74) is 0.623. The Bertz CT molecular complexity index is 923. The number of hydrogen-bond donors (Lipinski definition) is 1. The van der Waals surface area contributed by atoms with Gasteiger partial charge in [0, 0.05) is 37.9 Å². The molecule has 0 radical (unpaired) electrons. The van der Waals surface area contributed by atoms with Gasteiger partial charge in [0.05, 0.1) is 19.1 Å². The Hall–Kier alpha value is -2.78. The second-order valence-electron chi connectivity index (χ2n) is 6.23. The Morgan fingerprint density at radius 3 is 2.18 bits per heavy atom. The van der Waals surface area contributed by atoms with E-state index >= 15 is 0 Å². The molecule has 0 spiro atoms. The zero-order valence-electron chi connectivity index (χ0n) is 15.8. The molecule has 1 heterocycles. The average molecular weight is 405 g/mol. The molecule has 2 amide bonds. The minimum absolute atomic E-state index is 0.211. The average Bonchev–Trinajstić information content (AvgIpc) is 2.74. The molecule has 1 saturated heterocycles. The Morgan fingerprint density at radius 1 is 0.929 bits per heavy atom. The zero-order chi connectivity index (χ0) is 20.1. The monoisotopic (exact) mass is 405 g/mol. The first-order valence-electron chi connectivity index (χ1n) is 8.78. The number of methoxy groups -OCH3 is 2. The molecule has 1 aliphatic rings. The summed E-state index contributed by atoms with van der Waals surface area (Å²) >= 11 is 0. The maximum absolute atomic E-state index is 12.8. The van der Waals surface area contributed by atoms with Gasteiger partial charge in [0.1, 0.15) is 11.5 Å². The van der Waals surface area contributed by atoms with Gasteiger partial charge in [-0.05, 0) is 36.4 Å². The fourth-order valence-electron chi connectivity index (χ4n) is 2.93. The predicted molar refractivity (Wildman–Crippen MR) is 105 cm³/mol. The molecule has 1 aliphatic heterocycles. The highest BCUT2D eigenvalue weighted by Crippen LogP contribution is 2.21. The van der Waals surface area contributed by atoms with Crippen molar-refractivity contribution in [3.63, 3.8) is 0 Å². The maximum atomic E-state index is 12.8. The van der Waals surface area contributed by atoms with Crippen molar-refractivity contribution in [2.45, 2.75) is 4.90 Å². The first-order valence-corrected chi connectivity index (χ1v) is 10.2. The van der Waals surface area contributed by atoms with Crippen LogP contribution in [0.4, 0.5) is 10.5 Å². The fourth-order valence-corrected chi connectivity index (χ4v) is 4.35. The van der Waals surface area contributed by atoms with E-state index in [1.54, 1.807) is 48.4 Å². The van der Waals surface area contributed by atoms with Gasteiger partial charge in [-0.25, -0.2) is 13.2 Å². The molecule has 0 aromatic heterocycles. The molecule has 8 nitrogen and oxygen atoms in total. The van der Waals surface area contributed by atoms with Gasteiger partial charge in [-0.2, -0.15) is 4.31 Å². The van der Waals surface area contributed by atoms with Crippen molar-refractivity contribution in [2.24, 2.45) is 0 Å².